The molecule has 1 saturated heterocycles. The molecule has 3 rings (SSSR count). The summed E-state index contributed by atoms with van der Waals surface area (Å²) >= 11 is 0. The van der Waals surface area contributed by atoms with E-state index in [0.29, 0.717) is 31.0 Å². The summed E-state index contributed by atoms with van der Waals surface area (Å²) in [6.07, 6.45) is -0.537. The van der Waals surface area contributed by atoms with Crippen molar-refractivity contribution in [3.8, 4) is 0 Å². The molecular weight excluding hydrogens is 370 g/mol. The zero-order chi connectivity index (χ0) is 20.6. The predicted molar refractivity (Wildman–Crippen MR) is 112 cm³/mol. The molecule has 1 heterocycles. The first kappa shape index (κ1) is 20.7. The SMILES string of the molecule is CCOC(=O)Nc1cccc(C(=O)N(C)Cc2ccccc2N2CCOCC2)c1. The van der Waals surface area contributed by atoms with Gasteiger partial charge in [-0.15, -0.1) is 0 Å². The van der Waals surface area contributed by atoms with E-state index in [0.717, 1.165) is 24.3 Å². The molecule has 7 nitrogen and oxygen atoms in total. The van der Waals surface area contributed by atoms with Crippen molar-refractivity contribution in [3.05, 3.63) is 59.7 Å². The third-order valence-corrected chi connectivity index (χ3v) is 4.73. The summed E-state index contributed by atoms with van der Waals surface area (Å²) in [5.41, 5.74) is 3.25. The van der Waals surface area contributed by atoms with Gasteiger partial charge in [-0.2, -0.15) is 0 Å². The molecule has 0 spiro atoms. The zero-order valence-corrected chi connectivity index (χ0v) is 16.9. The lowest BCUT2D eigenvalue weighted by atomic mass is 10.1. The summed E-state index contributed by atoms with van der Waals surface area (Å²) < 4.78 is 10.3. The average Bonchev–Trinajstić information content (AvgIpc) is 2.74. The minimum absolute atomic E-state index is 0.116. The van der Waals surface area contributed by atoms with Gasteiger partial charge in [-0.3, -0.25) is 10.1 Å². The van der Waals surface area contributed by atoms with Crippen LogP contribution in [0.2, 0.25) is 0 Å². The van der Waals surface area contributed by atoms with Crippen LogP contribution in [-0.2, 0) is 16.0 Å². The van der Waals surface area contributed by atoms with Crippen molar-refractivity contribution in [2.24, 2.45) is 0 Å². The molecule has 0 saturated carbocycles. The van der Waals surface area contributed by atoms with E-state index in [1.807, 2.05) is 18.2 Å². The second-order valence-corrected chi connectivity index (χ2v) is 6.82. The molecule has 0 bridgehead atoms. The van der Waals surface area contributed by atoms with Gasteiger partial charge in [-0.1, -0.05) is 24.3 Å². The fraction of sp³-hybridized carbons (Fsp3) is 0.364. The van der Waals surface area contributed by atoms with Gasteiger partial charge in [0, 0.05) is 43.6 Å². The fourth-order valence-electron chi connectivity index (χ4n) is 3.32. The van der Waals surface area contributed by atoms with E-state index in [9.17, 15) is 9.59 Å². The molecule has 2 aromatic carbocycles. The summed E-state index contributed by atoms with van der Waals surface area (Å²) in [5, 5.41) is 2.63. The van der Waals surface area contributed by atoms with E-state index in [-0.39, 0.29) is 12.5 Å². The second kappa shape index (κ2) is 9.93. The lowest BCUT2D eigenvalue weighted by molar-refractivity contribution is 0.0784. The first-order chi connectivity index (χ1) is 14.1. The summed E-state index contributed by atoms with van der Waals surface area (Å²) in [7, 11) is 1.78. The lowest BCUT2D eigenvalue weighted by Crippen LogP contribution is -2.37. The number of ether oxygens (including phenoxy) is 2. The second-order valence-electron chi connectivity index (χ2n) is 6.82. The zero-order valence-electron chi connectivity index (χ0n) is 16.9. The van der Waals surface area contributed by atoms with Gasteiger partial charge in [0.15, 0.2) is 0 Å². The van der Waals surface area contributed by atoms with Crippen molar-refractivity contribution in [1.29, 1.82) is 0 Å². The maximum Gasteiger partial charge on any atom is 0.411 e. The Hall–Kier alpha value is -3.06. The highest BCUT2D eigenvalue weighted by Crippen LogP contribution is 2.23. The highest BCUT2D eigenvalue weighted by molar-refractivity contribution is 5.96. The Labute approximate surface area is 171 Å². The quantitative estimate of drug-likeness (QED) is 0.809. The molecule has 0 aromatic heterocycles. The van der Waals surface area contributed by atoms with E-state index in [4.69, 9.17) is 9.47 Å². The van der Waals surface area contributed by atoms with Crippen molar-refractivity contribution in [3.63, 3.8) is 0 Å². The molecule has 2 aromatic rings. The Morgan fingerprint density at radius 2 is 1.90 bits per heavy atom. The van der Waals surface area contributed by atoms with E-state index in [1.165, 1.54) is 0 Å². The number of nitrogens with zero attached hydrogens (tertiary/aromatic N) is 2. The topological polar surface area (TPSA) is 71.1 Å². The largest absolute Gasteiger partial charge is 0.450 e. The van der Waals surface area contributed by atoms with Crippen LogP contribution >= 0.6 is 0 Å². The molecule has 0 aliphatic carbocycles. The summed E-state index contributed by atoms with van der Waals surface area (Å²) in [6, 6.07) is 15.0. The number of anilines is 2. The standard InChI is InChI=1S/C22H27N3O4/c1-3-29-22(27)23-19-9-6-8-17(15-19)21(26)24(2)16-18-7-4-5-10-20(18)25-11-13-28-14-12-25/h4-10,15H,3,11-14,16H2,1-2H3,(H,23,27). The van der Waals surface area contributed by atoms with Crippen LogP contribution in [0.1, 0.15) is 22.8 Å². The molecule has 0 radical (unpaired) electrons. The molecule has 2 amide bonds. The van der Waals surface area contributed by atoms with Crippen molar-refractivity contribution in [2.45, 2.75) is 13.5 Å². The third kappa shape index (κ3) is 5.48. The monoisotopic (exact) mass is 397 g/mol. The Morgan fingerprint density at radius 1 is 1.14 bits per heavy atom. The molecule has 1 aliphatic rings. The summed E-state index contributed by atoms with van der Waals surface area (Å²) in [6.45, 7) is 5.63. The van der Waals surface area contributed by atoms with Crippen molar-refractivity contribution in [1.82, 2.24) is 4.90 Å². The number of carbonyl (C=O) groups is 2. The van der Waals surface area contributed by atoms with Crippen LogP contribution in [0.25, 0.3) is 0 Å². The molecule has 0 atom stereocenters. The van der Waals surface area contributed by atoms with E-state index in [1.54, 1.807) is 43.1 Å². The Balaban J connectivity index is 1.71. The fourth-order valence-corrected chi connectivity index (χ4v) is 3.32. The van der Waals surface area contributed by atoms with Gasteiger partial charge in [0.2, 0.25) is 0 Å². The van der Waals surface area contributed by atoms with Crippen molar-refractivity contribution in [2.75, 3.05) is 50.2 Å². The third-order valence-electron chi connectivity index (χ3n) is 4.73. The number of carbonyl (C=O) groups excluding carboxylic acids is 2. The number of hydrogen-bond acceptors (Lipinski definition) is 5. The van der Waals surface area contributed by atoms with Gasteiger partial charge >= 0.3 is 6.09 Å². The van der Waals surface area contributed by atoms with Gasteiger partial charge in [0.05, 0.1) is 19.8 Å². The minimum atomic E-state index is -0.537. The number of amides is 2. The van der Waals surface area contributed by atoms with Gasteiger partial charge < -0.3 is 19.3 Å². The van der Waals surface area contributed by atoms with E-state index >= 15 is 0 Å². The van der Waals surface area contributed by atoms with Crippen LogP contribution in [0.4, 0.5) is 16.2 Å². The Morgan fingerprint density at radius 3 is 2.66 bits per heavy atom. The van der Waals surface area contributed by atoms with Gasteiger partial charge in [0.1, 0.15) is 0 Å². The van der Waals surface area contributed by atoms with Crippen LogP contribution in [-0.4, -0.2) is 56.9 Å². The smallest absolute Gasteiger partial charge is 0.411 e. The average molecular weight is 397 g/mol. The molecular formula is C22H27N3O4. The van der Waals surface area contributed by atoms with Gasteiger partial charge in [-0.25, -0.2) is 4.79 Å². The molecule has 7 heteroatoms. The van der Waals surface area contributed by atoms with Crippen molar-refractivity contribution < 1.29 is 19.1 Å². The first-order valence-corrected chi connectivity index (χ1v) is 9.78. The summed E-state index contributed by atoms with van der Waals surface area (Å²) in [4.78, 5) is 28.5. The maximum absolute atomic E-state index is 12.9. The normalized spacial score (nSPS) is 13.7. The molecule has 0 unspecified atom stereocenters. The molecule has 1 aliphatic heterocycles. The lowest BCUT2D eigenvalue weighted by Gasteiger charge is -2.31. The molecule has 1 N–H and O–H groups in total. The van der Waals surface area contributed by atoms with Crippen LogP contribution in [0.5, 0.6) is 0 Å². The first-order valence-electron chi connectivity index (χ1n) is 9.78. The minimum Gasteiger partial charge on any atom is -0.450 e. The van der Waals surface area contributed by atoms with E-state index in [2.05, 4.69) is 16.3 Å². The Kier molecular flexibility index (Phi) is 7.08. The highest BCUT2D eigenvalue weighted by Gasteiger charge is 2.18. The van der Waals surface area contributed by atoms with E-state index < -0.39 is 6.09 Å². The number of para-hydroxylation sites is 1. The Bertz CT molecular complexity index is 849. The number of nitrogens with one attached hydrogen (secondary N) is 1. The van der Waals surface area contributed by atoms with Crippen LogP contribution in [0.15, 0.2) is 48.5 Å². The molecule has 29 heavy (non-hydrogen) atoms. The van der Waals surface area contributed by atoms with Crippen LogP contribution in [0.3, 0.4) is 0 Å². The number of hydrogen-bond donors (Lipinski definition) is 1. The summed E-state index contributed by atoms with van der Waals surface area (Å²) in [5.74, 6) is -0.116. The highest BCUT2D eigenvalue weighted by atomic mass is 16.5. The predicted octanol–water partition coefficient (Wildman–Crippen LogP) is 3.36. The molecule has 154 valence electrons. The number of morpholine rings is 1. The van der Waals surface area contributed by atoms with Crippen molar-refractivity contribution >= 4 is 23.4 Å². The molecule has 1 fully saturated rings. The number of benzene rings is 2. The van der Waals surface area contributed by atoms with Gasteiger partial charge in [-0.05, 0) is 36.8 Å². The maximum atomic E-state index is 12.9. The van der Waals surface area contributed by atoms with Crippen LogP contribution < -0.4 is 10.2 Å². The number of rotatable bonds is 6. The van der Waals surface area contributed by atoms with Crippen LogP contribution in [0, 0.1) is 0 Å². The van der Waals surface area contributed by atoms with Gasteiger partial charge in [0.25, 0.3) is 5.91 Å².